The highest BCUT2D eigenvalue weighted by Crippen LogP contribution is 2.53. The summed E-state index contributed by atoms with van der Waals surface area (Å²) in [5.41, 5.74) is -11.4. The largest absolute Gasteiger partial charge is 0.434 e. The molecule has 0 saturated carbocycles. The molecule has 16 heteroatoms. The maximum Gasteiger partial charge on any atom is 0.434 e. The minimum absolute atomic E-state index is 0.289. The molecule has 0 unspecified atom stereocenters. The van der Waals surface area contributed by atoms with Gasteiger partial charge in [-0.3, -0.25) is 10.3 Å². The number of aliphatic imine (C=N–C) groups is 1. The number of nitrogens with zero attached hydrogens (tertiary/aromatic N) is 2. The van der Waals surface area contributed by atoms with Crippen LogP contribution < -0.4 is 10.6 Å². The lowest BCUT2D eigenvalue weighted by Gasteiger charge is -2.37. The third-order valence-corrected chi connectivity index (χ3v) is 3.55. The average Bonchev–Trinajstić information content (AvgIpc) is 2.74. The molecule has 160 valence electrons. The predicted molar refractivity (Wildman–Crippen MR) is 66.8 cm³/mol. The van der Waals surface area contributed by atoms with E-state index in [0.717, 1.165) is 0 Å². The Labute approximate surface area is 143 Å². The monoisotopic (exact) mass is 428 g/mol. The van der Waals surface area contributed by atoms with Crippen LogP contribution in [0.2, 0.25) is 0 Å². The highest BCUT2D eigenvalue weighted by molar-refractivity contribution is 5.96. The Balaban J connectivity index is 3.76. The highest BCUT2D eigenvalue weighted by atomic mass is 19.4. The predicted octanol–water partition coefficient (Wildman–Crippen LogP) is 2.82. The van der Waals surface area contributed by atoms with E-state index in [1.165, 1.54) is 19.0 Å². The summed E-state index contributed by atoms with van der Waals surface area (Å²) in [6.45, 7) is -1.28. The van der Waals surface area contributed by atoms with Crippen LogP contribution in [0, 0.1) is 0 Å². The molecular weight excluding hydrogens is 416 g/mol. The molecular formula is C11H12F12N4. The van der Waals surface area contributed by atoms with E-state index < -0.39 is 48.3 Å². The highest BCUT2D eigenvalue weighted by Gasteiger charge is 2.87. The van der Waals surface area contributed by atoms with Gasteiger partial charge in [0.2, 0.25) is 0 Å². The van der Waals surface area contributed by atoms with Gasteiger partial charge in [-0.05, 0) is 14.1 Å². The third kappa shape index (κ3) is 3.77. The Bertz CT molecular complexity index is 540. The maximum absolute atomic E-state index is 13.2. The van der Waals surface area contributed by atoms with Gasteiger partial charge in [-0.15, -0.1) is 0 Å². The quantitative estimate of drug-likeness (QED) is 0.680. The fourth-order valence-corrected chi connectivity index (χ4v) is 2.18. The lowest BCUT2D eigenvalue weighted by molar-refractivity contribution is -0.334. The number of nitrogens with one attached hydrogen (secondary N) is 2. The molecule has 0 spiro atoms. The van der Waals surface area contributed by atoms with Gasteiger partial charge in [0.15, 0.2) is 0 Å². The van der Waals surface area contributed by atoms with Crippen LogP contribution in [0.5, 0.6) is 0 Å². The second-order valence-corrected chi connectivity index (χ2v) is 5.77. The van der Waals surface area contributed by atoms with Crippen LogP contribution in [-0.4, -0.2) is 73.8 Å². The second-order valence-electron chi connectivity index (χ2n) is 5.77. The third-order valence-electron chi connectivity index (χ3n) is 3.55. The lowest BCUT2D eigenvalue weighted by atomic mass is 9.97. The molecule has 1 fully saturated rings. The van der Waals surface area contributed by atoms with Crippen molar-refractivity contribution in [2.24, 2.45) is 4.99 Å². The van der Waals surface area contributed by atoms with Gasteiger partial charge in [0.1, 0.15) is 5.84 Å². The van der Waals surface area contributed by atoms with E-state index in [1.54, 1.807) is 0 Å². The molecule has 0 amide bonds. The molecule has 0 radical (unpaired) electrons. The number of likely N-dealkylation sites (N-methyl/N-ethyl adjacent to an activating group) is 1. The molecule has 2 N–H and O–H groups in total. The van der Waals surface area contributed by atoms with Crippen molar-refractivity contribution in [3.8, 4) is 0 Å². The van der Waals surface area contributed by atoms with Crippen molar-refractivity contribution in [2.45, 2.75) is 35.9 Å². The van der Waals surface area contributed by atoms with Crippen LogP contribution in [0.25, 0.3) is 0 Å². The van der Waals surface area contributed by atoms with Gasteiger partial charge in [0, 0.05) is 6.54 Å². The minimum atomic E-state index is -6.63. The van der Waals surface area contributed by atoms with Crippen molar-refractivity contribution in [3.05, 3.63) is 0 Å². The van der Waals surface area contributed by atoms with Crippen molar-refractivity contribution in [2.75, 3.05) is 27.2 Å². The van der Waals surface area contributed by atoms with E-state index in [9.17, 15) is 52.7 Å². The number of rotatable bonds is 3. The number of halogens is 12. The average molecular weight is 428 g/mol. The molecule has 1 saturated heterocycles. The van der Waals surface area contributed by atoms with Gasteiger partial charge in [-0.1, -0.05) is 0 Å². The van der Waals surface area contributed by atoms with E-state index in [2.05, 4.69) is 4.99 Å². The Morgan fingerprint density at radius 3 is 1.48 bits per heavy atom. The van der Waals surface area contributed by atoms with E-state index in [-0.39, 0.29) is 11.9 Å². The smallest absolute Gasteiger partial charge is 0.339 e. The fourth-order valence-electron chi connectivity index (χ4n) is 2.18. The molecule has 0 aromatic rings. The number of alkyl halides is 12. The first kappa shape index (κ1) is 23.6. The van der Waals surface area contributed by atoms with E-state index >= 15 is 0 Å². The summed E-state index contributed by atoms with van der Waals surface area (Å²) >= 11 is 0. The molecule has 1 heterocycles. The first-order valence-electron chi connectivity index (χ1n) is 6.77. The standard InChI is InChI=1S/C11H12F12N4/c1-27(2)4-3-24-5-6(8(12,13)14,9(15,16)17)26-7(25-5,10(18,19)20)11(21,22)23/h26H,3-4H2,1-2H3,(H,24,25). The topological polar surface area (TPSA) is 39.7 Å². The van der Waals surface area contributed by atoms with E-state index in [0.29, 0.717) is 5.32 Å². The van der Waals surface area contributed by atoms with Crippen LogP contribution in [0.1, 0.15) is 0 Å². The number of hydrogen-bond donors (Lipinski definition) is 2. The zero-order valence-corrected chi connectivity index (χ0v) is 13.3. The SMILES string of the molecule is CN(C)CCN=C1NC(C(F)(F)F)(C(F)(F)F)NC1(C(F)(F)F)C(F)(F)F. The molecule has 1 aliphatic rings. The normalized spacial score (nSPS) is 22.4. The van der Waals surface area contributed by atoms with Gasteiger partial charge in [-0.2, -0.15) is 52.7 Å². The summed E-state index contributed by atoms with van der Waals surface area (Å²) in [7, 11) is 2.61. The van der Waals surface area contributed by atoms with Gasteiger partial charge >= 0.3 is 24.7 Å². The summed E-state index contributed by atoms with van der Waals surface area (Å²) in [5, 5.41) is 0.00300. The molecule has 1 aliphatic heterocycles. The Morgan fingerprint density at radius 1 is 0.778 bits per heavy atom. The molecule has 0 bridgehead atoms. The first-order valence-corrected chi connectivity index (χ1v) is 6.77. The second kappa shape index (κ2) is 6.56. The van der Waals surface area contributed by atoms with Gasteiger partial charge in [0.25, 0.3) is 11.2 Å². The Kier molecular flexibility index (Phi) is 5.73. The van der Waals surface area contributed by atoms with Crippen molar-refractivity contribution < 1.29 is 52.7 Å². The van der Waals surface area contributed by atoms with Crippen molar-refractivity contribution in [3.63, 3.8) is 0 Å². The molecule has 0 aliphatic carbocycles. The zero-order chi connectivity index (χ0) is 21.7. The lowest BCUT2D eigenvalue weighted by Crippen LogP contribution is -2.75. The first-order chi connectivity index (χ1) is 11.7. The molecule has 27 heavy (non-hydrogen) atoms. The summed E-state index contributed by atoms with van der Waals surface area (Å²) < 4.78 is 157. The fraction of sp³-hybridized carbons (Fsp3) is 0.909. The van der Waals surface area contributed by atoms with Crippen LogP contribution >= 0.6 is 0 Å². The molecule has 0 aromatic carbocycles. The van der Waals surface area contributed by atoms with Crippen molar-refractivity contribution in [1.82, 2.24) is 15.5 Å². The van der Waals surface area contributed by atoms with Crippen LogP contribution in [-0.2, 0) is 0 Å². The Hall–Kier alpha value is -1.45. The zero-order valence-electron chi connectivity index (χ0n) is 13.3. The molecule has 0 atom stereocenters. The van der Waals surface area contributed by atoms with Crippen molar-refractivity contribution >= 4 is 5.84 Å². The van der Waals surface area contributed by atoms with Crippen LogP contribution in [0.4, 0.5) is 52.7 Å². The molecule has 4 nitrogen and oxygen atoms in total. The summed E-state index contributed by atoms with van der Waals surface area (Å²) in [4.78, 5) is 3.92. The van der Waals surface area contributed by atoms with Gasteiger partial charge in [0.05, 0.1) is 6.54 Å². The maximum atomic E-state index is 13.2. The summed E-state index contributed by atoms with van der Waals surface area (Å²) in [6.07, 6.45) is -26.5. The minimum Gasteiger partial charge on any atom is -0.339 e. The Morgan fingerprint density at radius 2 is 1.19 bits per heavy atom. The van der Waals surface area contributed by atoms with Gasteiger partial charge < -0.3 is 10.2 Å². The van der Waals surface area contributed by atoms with E-state index in [1.807, 2.05) is 0 Å². The molecule has 1 rings (SSSR count). The molecule has 0 aromatic heterocycles. The summed E-state index contributed by atoms with van der Waals surface area (Å²) in [6, 6.07) is 0. The van der Waals surface area contributed by atoms with Gasteiger partial charge in [-0.25, -0.2) is 0 Å². The van der Waals surface area contributed by atoms with Crippen molar-refractivity contribution in [1.29, 1.82) is 0 Å². The number of hydrogen-bond acceptors (Lipinski definition) is 3. The van der Waals surface area contributed by atoms with E-state index in [4.69, 9.17) is 0 Å². The number of amidine groups is 1. The summed E-state index contributed by atoms with van der Waals surface area (Å²) in [5.74, 6) is -2.57. The van der Waals surface area contributed by atoms with Crippen LogP contribution in [0.3, 0.4) is 0 Å². The van der Waals surface area contributed by atoms with Crippen LogP contribution in [0.15, 0.2) is 4.99 Å².